The lowest BCUT2D eigenvalue weighted by Crippen LogP contribution is -2.48. The molecule has 0 fully saturated rings. The smallest absolute Gasteiger partial charge is 0.336 e. The van der Waals surface area contributed by atoms with Crippen molar-refractivity contribution >= 4 is 27.3 Å². The number of sulfone groups is 1. The SMILES string of the molecule is COC(=O)C(C(C)=O)N(CCS(=O)(=O)c1ccccc1)c1ccc(OC)cc1. The van der Waals surface area contributed by atoms with E-state index in [0.29, 0.717) is 11.4 Å². The number of nitrogens with zero attached hydrogens (tertiary/aromatic N) is 1. The molecule has 0 aromatic heterocycles. The van der Waals surface area contributed by atoms with E-state index in [1.54, 1.807) is 42.5 Å². The molecule has 0 saturated carbocycles. The standard InChI is InChI=1S/C20H23NO6S/c1-15(22)19(20(23)27-3)21(16-9-11-17(26-2)12-10-16)13-14-28(24,25)18-7-5-4-6-8-18/h4-12,19H,13-14H2,1-3H3. The summed E-state index contributed by atoms with van der Waals surface area (Å²) in [5.41, 5.74) is 0.509. The zero-order valence-electron chi connectivity index (χ0n) is 16.0. The summed E-state index contributed by atoms with van der Waals surface area (Å²) < 4.78 is 35.2. The van der Waals surface area contributed by atoms with Gasteiger partial charge in [0.05, 0.1) is 24.9 Å². The van der Waals surface area contributed by atoms with Gasteiger partial charge in [0, 0.05) is 12.2 Å². The van der Waals surface area contributed by atoms with Crippen molar-refractivity contribution in [1.29, 1.82) is 0 Å². The van der Waals surface area contributed by atoms with Crippen molar-refractivity contribution in [3.05, 3.63) is 54.6 Å². The Balaban J connectivity index is 2.37. The van der Waals surface area contributed by atoms with Gasteiger partial charge in [-0.05, 0) is 43.3 Å². The molecule has 0 radical (unpaired) electrons. The zero-order chi connectivity index (χ0) is 20.7. The second-order valence-electron chi connectivity index (χ2n) is 6.06. The van der Waals surface area contributed by atoms with Crippen LogP contribution in [0.25, 0.3) is 0 Å². The maximum absolute atomic E-state index is 12.7. The molecule has 7 nitrogen and oxygen atoms in total. The van der Waals surface area contributed by atoms with Gasteiger partial charge in [-0.25, -0.2) is 13.2 Å². The lowest BCUT2D eigenvalue weighted by Gasteiger charge is -2.30. The van der Waals surface area contributed by atoms with Crippen molar-refractivity contribution in [2.45, 2.75) is 17.9 Å². The number of carbonyl (C=O) groups excluding carboxylic acids is 2. The van der Waals surface area contributed by atoms with Crippen LogP contribution in [0.4, 0.5) is 5.69 Å². The van der Waals surface area contributed by atoms with Crippen LogP contribution in [0.1, 0.15) is 6.92 Å². The lowest BCUT2D eigenvalue weighted by atomic mass is 10.1. The van der Waals surface area contributed by atoms with Crippen LogP contribution in [0.5, 0.6) is 5.75 Å². The normalized spacial score (nSPS) is 12.1. The number of rotatable bonds is 9. The number of benzene rings is 2. The summed E-state index contributed by atoms with van der Waals surface area (Å²) >= 11 is 0. The molecule has 0 bridgehead atoms. The summed E-state index contributed by atoms with van der Waals surface area (Å²) in [5, 5.41) is 0. The van der Waals surface area contributed by atoms with Crippen molar-refractivity contribution in [2.75, 3.05) is 31.4 Å². The van der Waals surface area contributed by atoms with Crippen LogP contribution >= 0.6 is 0 Å². The fraction of sp³-hybridized carbons (Fsp3) is 0.300. The molecule has 2 rings (SSSR count). The van der Waals surface area contributed by atoms with E-state index in [0.717, 1.165) is 0 Å². The van der Waals surface area contributed by atoms with Gasteiger partial charge in [-0.1, -0.05) is 18.2 Å². The fourth-order valence-corrected chi connectivity index (χ4v) is 4.01. The highest BCUT2D eigenvalue weighted by Gasteiger charge is 2.32. The van der Waals surface area contributed by atoms with Gasteiger partial charge in [-0.15, -0.1) is 0 Å². The van der Waals surface area contributed by atoms with Crippen LogP contribution in [0.2, 0.25) is 0 Å². The van der Waals surface area contributed by atoms with E-state index >= 15 is 0 Å². The molecule has 0 saturated heterocycles. The third-order valence-electron chi connectivity index (χ3n) is 4.23. The van der Waals surface area contributed by atoms with Crippen LogP contribution in [-0.4, -0.2) is 52.7 Å². The molecule has 8 heteroatoms. The fourth-order valence-electron chi connectivity index (χ4n) is 2.77. The molecule has 1 atom stereocenters. The Labute approximate surface area is 164 Å². The molecule has 0 aliphatic heterocycles. The van der Waals surface area contributed by atoms with E-state index in [1.165, 1.54) is 38.2 Å². The molecule has 0 spiro atoms. The molecule has 0 heterocycles. The minimum atomic E-state index is -3.60. The molecule has 2 aromatic carbocycles. The Bertz CT molecular complexity index is 909. The van der Waals surface area contributed by atoms with Crippen molar-refractivity contribution in [3.63, 3.8) is 0 Å². The summed E-state index contributed by atoms with van der Waals surface area (Å²) in [7, 11) is -0.892. The summed E-state index contributed by atoms with van der Waals surface area (Å²) in [6.07, 6.45) is 0. The first-order valence-corrected chi connectivity index (χ1v) is 10.2. The Hall–Kier alpha value is -2.87. The number of esters is 1. The monoisotopic (exact) mass is 405 g/mol. The molecule has 0 aliphatic carbocycles. The van der Waals surface area contributed by atoms with Gasteiger partial charge in [0.2, 0.25) is 0 Å². The van der Waals surface area contributed by atoms with Gasteiger partial charge in [0.15, 0.2) is 21.7 Å². The van der Waals surface area contributed by atoms with Gasteiger partial charge in [0.25, 0.3) is 0 Å². The number of hydrogen-bond donors (Lipinski definition) is 0. The van der Waals surface area contributed by atoms with Crippen molar-refractivity contribution in [2.24, 2.45) is 0 Å². The van der Waals surface area contributed by atoms with E-state index in [-0.39, 0.29) is 17.2 Å². The third-order valence-corrected chi connectivity index (χ3v) is 5.94. The van der Waals surface area contributed by atoms with Crippen LogP contribution in [-0.2, 0) is 24.2 Å². The minimum absolute atomic E-state index is 0.0666. The van der Waals surface area contributed by atoms with Crippen LogP contribution < -0.4 is 9.64 Å². The highest BCUT2D eigenvalue weighted by atomic mass is 32.2. The highest BCUT2D eigenvalue weighted by molar-refractivity contribution is 7.91. The van der Waals surface area contributed by atoms with E-state index in [1.807, 2.05) is 0 Å². The largest absolute Gasteiger partial charge is 0.497 e. The molecule has 1 unspecified atom stereocenters. The van der Waals surface area contributed by atoms with Gasteiger partial charge in [-0.2, -0.15) is 0 Å². The number of carbonyl (C=O) groups is 2. The van der Waals surface area contributed by atoms with Crippen molar-refractivity contribution in [3.8, 4) is 5.75 Å². The number of methoxy groups -OCH3 is 2. The van der Waals surface area contributed by atoms with Gasteiger partial charge in [0.1, 0.15) is 5.75 Å². The average molecular weight is 405 g/mol. The molecule has 28 heavy (non-hydrogen) atoms. The molecule has 150 valence electrons. The Morgan fingerprint density at radius 1 is 1.00 bits per heavy atom. The summed E-state index contributed by atoms with van der Waals surface area (Å²) in [6.45, 7) is 1.20. The van der Waals surface area contributed by atoms with E-state index in [9.17, 15) is 18.0 Å². The maximum atomic E-state index is 12.7. The topological polar surface area (TPSA) is 90.0 Å². The van der Waals surface area contributed by atoms with Crippen molar-refractivity contribution in [1.82, 2.24) is 0 Å². The summed E-state index contributed by atoms with van der Waals surface area (Å²) in [5.74, 6) is -0.873. The molecule has 0 amide bonds. The Kier molecular flexibility index (Phi) is 7.17. The number of anilines is 1. The Morgan fingerprint density at radius 2 is 1.61 bits per heavy atom. The predicted molar refractivity (Wildman–Crippen MR) is 105 cm³/mol. The number of ketones is 1. The maximum Gasteiger partial charge on any atom is 0.336 e. The molecular formula is C20H23NO6S. The van der Waals surface area contributed by atoms with Crippen LogP contribution in [0.3, 0.4) is 0 Å². The Morgan fingerprint density at radius 3 is 2.11 bits per heavy atom. The van der Waals surface area contributed by atoms with E-state index in [2.05, 4.69) is 0 Å². The second kappa shape index (κ2) is 9.36. The first kappa shape index (κ1) is 21.4. The van der Waals surface area contributed by atoms with Gasteiger partial charge >= 0.3 is 5.97 Å². The average Bonchev–Trinajstić information content (AvgIpc) is 2.71. The minimum Gasteiger partial charge on any atom is -0.497 e. The first-order chi connectivity index (χ1) is 13.3. The number of hydrogen-bond acceptors (Lipinski definition) is 7. The van der Waals surface area contributed by atoms with Gasteiger partial charge in [-0.3, -0.25) is 4.79 Å². The quantitative estimate of drug-likeness (QED) is 0.466. The predicted octanol–water partition coefficient (Wildman–Crippen LogP) is 2.11. The number of ether oxygens (including phenoxy) is 2. The lowest BCUT2D eigenvalue weighted by molar-refractivity contribution is -0.145. The second-order valence-corrected chi connectivity index (χ2v) is 8.17. The van der Waals surface area contributed by atoms with Crippen LogP contribution in [0, 0.1) is 0 Å². The zero-order valence-corrected chi connectivity index (χ0v) is 16.8. The van der Waals surface area contributed by atoms with Gasteiger partial charge < -0.3 is 14.4 Å². The first-order valence-electron chi connectivity index (χ1n) is 8.57. The highest BCUT2D eigenvalue weighted by Crippen LogP contribution is 2.23. The van der Waals surface area contributed by atoms with E-state index in [4.69, 9.17) is 9.47 Å². The van der Waals surface area contributed by atoms with Crippen LogP contribution in [0.15, 0.2) is 59.5 Å². The molecular weight excluding hydrogens is 382 g/mol. The van der Waals surface area contributed by atoms with Crippen molar-refractivity contribution < 1.29 is 27.5 Å². The number of Topliss-reactive ketones (excluding diaryl/α,β-unsaturated/α-hetero) is 1. The van der Waals surface area contributed by atoms with E-state index < -0.39 is 27.6 Å². The molecule has 2 aromatic rings. The summed E-state index contributed by atoms with van der Waals surface area (Å²) in [4.78, 5) is 26.0. The summed E-state index contributed by atoms with van der Waals surface area (Å²) in [6, 6.07) is 13.4. The molecule has 0 aliphatic rings. The molecule has 0 N–H and O–H groups in total. The third kappa shape index (κ3) is 5.10.